The molecule has 0 saturated heterocycles. The normalized spacial score (nSPS) is 10.5. The van der Waals surface area contributed by atoms with E-state index in [1.54, 1.807) is 24.3 Å². The molecule has 0 bridgehead atoms. The van der Waals surface area contributed by atoms with Gasteiger partial charge in [0.25, 0.3) is 0 Å². The van der Waals surface area contributed by atoms with Gasteiger partial charge in [-0.25, -0.2) is 14.7 Å². The second kappa shape index (κ2) is 5.56. The smallest absolute Gasteiger partial charge is 0.286 e. The first-order chi connectivity index (χ1) is 9.04. The van der Waals surface area contributed by atoms with Gasteiger partial charge in [0.05, 0.1) is 16.6 Å². The summed E-state index contributed by atoms with van der Waals surface area (Å²) in [5.41, 5.74) is 0.484. The van der Waals surface area contributed by atoms with E-state index in [0.717, 1.165) is 0 Å². The van der Waals surface area contributed by atoms with Gasteiger partial charge in [0.1, 0.15) is 0 Å². The lowest BCUT2D eigenvalue weighted by Gasteiger charge is -2.10. The molecule has 0 radical (unpaired) electrons. The quantitative estimate of drug-likeness (QED) is 0.535. The highest BCUT2D eigenvalue weighted by atomic mass is 35.5. The van der Waals surface area contributed by atoms with Crippen LogP contribution in [0, 0.1) is 0 Å². The van der Waals surface area contributed by atoms with Crippen molar-refractivity contribution in [2.45, 2.75) is 5.88 Å². The Labute approximate surface area is 119 Å². The average molecular weight is 301 g/mol. The van der Waals surface area contributed by atoms with Crippen LogP contribution in [0.5, 0.6) is 0 Å². The zero-order chi connectivity index (χ0) is 14.0. The summed E-state index contributed by atoms with van der Waals surface area (Å²) in [6.45, 7) is 0. The number of hydroxylamine groups is 2. The van der Waals surface area contributed by atoms with Gasteiger partial charge in [-0.3, -0.25) is 10.0 Å². The second-order valence-corrected chi connectivity index (χ2v) is 4.35. The Kier molecular flexibility index (Phi) is 4.04. The number of aromatic nitrogens is 3. The summed E-state index contributed by atoms with van der Waals surface area (Å²) < 4.78 is 1.26. The third-order valence-electron chi connectivity index (χ3n) is 2.34. The van der Waals surface area contributed by atoms with E-state index in [4.69, 9.17) is 23.2 Å². The Hall–Kier alpha value is -1.63. The molecule has 2 rings (SSSR count). The van der Waals surface area contributed by atoms with E-state index in [1.807, 2.05) is 0 Å². The number of rotatable bonds is 3. The summed E-state index contributed by atoms with van der Waals surface area (Å²) in [6, 6.07) is 6.85. The van der Waals surface area contributed by atoms with E-state index in [9.17, 15) is 10.0 Å². The zero-order valence-corrected chi connectivity index (χ0v) is 11.4. The van der Waals surface area contributed by atoms with Crippen molar-refractivity contribution in [3.63, 3.8) is 0 Å². The topological polar surface area (TPSA) is 71.2 Å². The van der Waals surface area contributed by atoms with Crippen LogP contribution in [0.1, 0.15) is 16.4 Å². The molecule has 0 spiro atoms. The Morgan fingerprint density at radius 2 is 2.16 bits per heavy atom. The fraction of sp³-hybridized carbons (Fsp3) is 0.182. The number of amides is 1. The van der Waals surface area contributed by atoms with Crippen LogP contribution in [0.15, 0.2) is 24.3 Å². The summed E-state index contributed by atoms with van der Waals surface area (Å²) >= 11 is 11.7. The monoisotopic (exact) mass is 300 g/mol. The molecule has 1 heterocycles. The molecular formula is C11H10Cl2N4O2. The van der Waals surface area contributed by atoms with Crippen LogP contribution in [-0.4, -0.2) is 38.0 Å². The summed E-state index contributed by atoms with van der Waals surface area (Å²) in [5, 5.41) is 14.2. The van der Waals surface area contributed by atoms with Crippen LogP contribution in [-0.2, 0) is 5.88 Å². The predicted molar refractivity (Wildman–Crippen MR) is 69.8 cm³/mol. The lowest BCUT2D eigenvalue weighted by molar-refractivity contribution is -0.0386. The maximum absolute atomic E-state index is 11.8. The maximum Gasteiger partial charge on any atom is 0.314 e. The molecule has 6 nitrogen and oxygen atoms in total. The highest BCUT2D eigenvalue weighted by Gasteiger charge is 2.21. The van der Waals surface area contributed by atoms with E-state index in [2.05, 4.69) is 10.1 Å². The predicted octanol–water partition coefficient (Wildman–Crippen LogP) is 2.12. The summed E-state index contributed by atoms with van der Waals surface area (Å²) in [4.78, 5) is 15.8. The largest absolute Gasteiger partial charge is 0.314 e. The van der Waals surface area contributed by atoms with Gasteiger partial charge in [0, 0.05) is 7.05 Å². The molecular weight excluding hydrogens is 291 g/mol. The van der Waals surface area contributed by atoms with Crippen LogP contribution in [0.2, 0.25) is 5.02 Å². The number of nitrogens with zero attached hydrogens (tertiary/aromatic N) is 4. The number of carbonyl (C=O) groups is 1. The summed E-state index contributed by atoms with van der Waals surface area (Å²) in [7, 11) is 1.20. The van der Waals surface area contributed by atoms with Crippen LogP contribution in [0.4, 0.5) is 0 Å². The van der Waals surface area contributed by atoms with Crippen LogP contribution in [0.3, 0.4) is 0 Å². The van der Waals surface area contributed by atoms with Gasteiger partial charge in [-0.05, 0) is 12.1 Å². The molecule has 1 aromatic carbocycles. The fourth-order valence-corrected chi connectivity index (χ4v) is 1.81. The SMILES string of the molecule is CN(O)C(=O)c1nc(CCl)nn1-c1ccccc1Cl. The molecule has 1 aromatic heterocycles. The van der Waals surface area contributed by atoms with E-state index in [1.165, 1.54) is 11.7 Å². The van der Waals surface area contributed by atoms with Crippen LogP contribution >= 0.6 is 23.2 Å². The minimum absolute atomic E-state index is 0.0485. The molecule has 0 aliphatic heterocycles. The maximum atomic E-state index is 11.8. The second-order valence-electron chi connectivity index (χ2n) is 3.68. The molecule has 0 unspecified atom stereocenters. The molecule has 1 amide bonds. The highest BCUT2D eigenvalue weighted by Crippen LogP contribution is 2.21. The first-order valence-electron chi connectivity index (χ1n) is 5.28. The Balaban J connectivity index is 2.59. The van der Waals surface area contributed by atoms with Crippen molar-refractivity contribution in [2.24, 2.45) is 0 Å². The molecule has 0 fully saturated rings. The van der Waals surface area contributed by atoms with Gasteiger partial charge in [0.15, 0.2) is 5.82 Å². The third kappa shape index (κ3) is 2.70. The number of alkyl halides is 1. The zero-order valence-electron chi connectivity index (χ0n) is 9.92. The Morgan fingerprint density at radius 3 is 2.74 bits per heavy atom. The lowest BCUT2D eigenvalue weighted by atomic mass is 10.3. The minimum Gasteiger partial charge on any atom is -0.286 e. The first kappa shape index (κ1) is 13.8. The van der Waals surface area contributed by atoms with Crippen molar-refractivity contribution in [1.82, 2.24) is 19.8 Å². The summed E-state index contributed by atoms with van der Waals surface area (Å²) in [5.74, 6) is -0.448. The Morgan fingerprint density at radius 1 is 1.47 bits per heavy atom. The van der Waals surface area contributed by atoms with Gasteiger partial charge < -0.3 is 0 Å². The van der Waals surface area contributed by atoms with E-state index < -0.39 is 5.91 Å². The van der Waals surface area contributed by atoms with Gasteiger partial charge in [0.2, 0.25) is 5.82 Å². The first-order valence-corrected chi connectivity index (χ1v) is 6.19. The highest BCUT2D eigenvalue weighted by molar-refractivity contribution is 6.32. The van der Waals surface area contributed by atoms with E-state index >= 15 is 0 Å². The summed E-state index contributed by atoms with van der Waals surface area (Å²) in [6.07, 6.45) is 0. The Bertz CT molecular complexity index is 612. The van der Waals surface area contributed by atoms with Crippen LogP contribution < -0.4 is 0 Å². The number of carbonyl (C=O) groups excluding carboxylic acids is 1. The molecule has 0 aliphatic rings. The molecule has 0 atom stereocenters. The molecule has 19 heavy (non-hydrogen) atoms. The number of hydrogen-bond acceptors (Lipinski definition) is 4. The van der Waals surface area contributed by atoms with Crippen molar-refractivity contribution in [3.8, 4) is 5.69 Å². The number of benzene rings is 1. The van der Waals surface area contributed by atoms with Gasteiger partial charge >= 0.3 is 5.91 Å². The molecule has 0 saturated carbocycles. The van der Waals surface area contributed by atoms with Crippen molar-refractivity contribution in [2.75, 3.05) is 7.05 Å². The molecule has 1 N–H and O–H groups in total. The lowest BCUT2D eigenvalue weighted by Crippen LogP contribution is -2.26. The number of para-hydroxylation sites is 1. The van der Waals surface area contributed by atoms with Gasteiger partial charge in [-0.2, -0.15) is 0 Å². The van der Waals surface area contributed by atoms with Crippen LogP contribution in [0.25, 0.3) is 5.69 Å². The van der Waals surface area contributed by atoms with Crippen molar-refractivity contribution in [3.05, 3.63) is 40.9 Å². The minimum atomic E-state index is -0.705. The number of hydrogen-bond donors (Lipinski definition) is 1. The fourth-order valence-electron chi connectivity index (χ4n) is 1.49. The van der Waals surface area contributed by atoms with Crippen molar-refractivity contribution < 1.29 is 10.0 Å². The van der Waals surface area contributed by atoms with Crippen molar-refractivity contribution >= 4 is 29.1 Å². The third-order valence-corrected chi connectivity index (χ3v) is 2.90. The van der Waals surface area contributed by atoms with Crippen molar-refractivity contribution in [1.29, 1.82) is 0 Å². The van der Waals surface area contributed by atoms with Gasteiger partial charge in [-0.1, -0.05) is 23.7 Å². The molecule has 100 valence electrons. The van der Waals surface area contributed by atoms with Gasteiger partial charge in [-0.15, -0.1) is 16.7 Å². The molecule has 8 heteroatoms. The number of halogens is 2. The molecule has 2 aromatic rings. The van der Waals surface area contributed by atoms with E-state index in [0.29, 0.717) is 15.8 Å². The van der Waals surface area contributed by atoms with E-state index in [-0.39, 0.29) is 17.5 Å². The molecule has 0 aliphatic carbocycles. The average Bonchev–Trinajstić information content (AvgIpc) is 2.82. The standard InChI is InChI=1S/C11H10Cl2N4O2/c1-16(19)11(18)10-14-9(6-12)15-17(10)8-5-3-2-4-7(8)13/h2-5,19H,6H2,1H3.